The first kappa shape index (κ1) is 20.3. The summed E-state index contributed by atoms with van der Waals surface area (Å²) in [7, 11) is 2.49. The van der Waals surface area contributed by atoms with Crippen LogP contribution in [0.4, 0.5) is 4.79 Å². The SMILES string of the molecule is COC(=O)c1ccc(C(=O)OC)c(OCCNC(=O)OC(C)(C)C)c1. The van der Waals surface area contributed by atoms with E-state index in [9.17, 15) is 14.4 Å². The average Bonchev–Trinajstić information content (AvgIpc) is 2.55. The largest absolute Gasteiger partial charge is 0.491 e. The average molecular weight is 353 g/mol. The molecule has 1 aromatic rings. The Morgan fingerprint density at radius 3 is 2.24 bits per heavy atom. The fraction of sp³-hybridized carbons (Fsp3) is 0.471. The summed E-state index contributed by atoms with van der Waals surface area (Å²) in [6, 6.07) is 4.23. The highest BCUT2D eigenvalue weighted by Crippen LogP contribution is 2.22. The molecule has 8 heteroatoms. The molecule has 8 nitrogen and oxygen atoms in total. The van der Waals surface area contributed by atoms with E-state index in [2.05, 4.69) is 14.8 Å². The van der Waals surface area contributed by atoms with Crippen molar-refractivity contribution < 1.29 is 33.3 Å². The molecule has 25 heavy (non-hydrogen) atoms. The molecule has 1 N–H and O–H groups in total. The van der Waals surface area contributed by atoms with Gasteiger partial charge >= 0.3 is 18.0 Å². The highest BCUT2D eigenvalue weighted by molar-refractivity contribution is 5.96. The van der Waals surface area contributed by atoms with Gasteiger partial charge in [0.2, 0.25) is 0 Å². The van der Waals surface area contributed by atoms with E-state index in [-0.39, 0.29) is 30.0 Å². The molecule has 0 spiro atoms. The first-order valence-electron chi connectivity index (χ1n) is 7.58. The standard InChI is InChI=1S/C17H23NO7/c1-17(2,3)25-16(21)18-8-9-24-13-10-11(14(19)22-4)6-7-12(13)15(20)23-5/h6-7,10H,8-9H2,1-5H3,(H,18,21). The second-order valence-corrected chi connectivity index (χ2v) is 5.97. The summed E-state index contributed by atoms with van der Waals surface area (Å²) in [6.45, 7) is 5.48. The van der Waals surface area contributed by atoms with Gasteiger partial charge in [0.25, 0.3) is 0 Å². The van der Waals surface area contributed by atoms with Crippen molar-refractivity contribution in [2.24, 2.45) is 0 Å². The summed E-state index contributed by atoms with van der Waals surface area (Å²) in [6.07, 6.45) is -0.576. The summed E-state index contributed by atoms with van der Waals surface area (Å²) in [5.74, 6) is -1.01. The van der Waals surface area contributed by atoms with E-state index in [0.717, 1.165) is 0 Å². The second kappa shape index (κ2) is 8.91. The van der Waals surface area contributed by atoms with Gasteiger partial charge in [0.05, 0.1) is 26.3 Å². The van der Waals surface area contributed by atoms with E-state index >= 15 is 0 Å². The molecule has 0 saturated heterocycles. The Kier molecular flexibility index (Phi) is 7.22. The minimum absolute atomic E-state index is 0.0634. The molecule has 1 rings (SSSR count). The van der Waals surface area contributed by atoms with Crippen molar-refractivity contribution in [3.05, 3.63) is 29.3 Å². The quantitative estimate of drug-likeness (QED) is 0.475. The number of methoxy groups -OCH3 is 2. The molecule has 0 heterocycles. The monoisotopic (exact) mass is 353 g/mol. The number of carbonyl (C=O) groups excluding carboxylic acids is 3. The molecule has 1 amide bonds. The smallest absolute Gasteiger partial charge is 0.407 e. The van der Waals surface area contributed by atoms with Gasteiger partial charge in [0.1, 0.15) is 23.5 Å². The first-order chi connectivity index (χ1) is 11.7. The van der Waals surface area contributed by atoms with Crippen LogP contribution in [0.2, 0.25) is 0 Å². The minimum atomic E-state index is -0.605. The fourth-order valence-electron chi connectivity index (χ4n) is 1.79. The van der Waals surface area contributed by atoms with Gasteiger partial charge in [-0.3, -0.25) is 0 Å². The Morgan fingerprint density at radius 1 is 1.04 bits per heavy atom. The molecule has 0 unspecified atom stereocenters. The molecule has 138 valence electrons. The van der Waals surface area contributed by atoms with Gasteiger partial charge in [0, 0.05) is 0 Å². The van der Waals surface area contributed by atoms with Crippen LogP contribution in [0, 0.1) is 0 Å². The van der Waals surface area contributed by atoms with Crippen molar-refractivity contribution in [2.75, 3.05) is 27.4 Å². The number of hydrogen-bond acceptors (Lipinski definition) is 7. The zero-order valence-electron chi connectivity index (χ0n) is 15.0. The summed E-state index contributed by atoms with van der Waals surface area (Å²) >= 11 is 0. The summed E-state index contributed by atoms with van der Waals surface area (Å²) < 4.78 is 19.9. The van der Waals surface area contributed by atoms with Crippen LogP contribution in [0.5, 0.6) is 5.75 Å². The van der Waals surface area contributed by atoms with E-state index in [1.54, 1.807) is 20.8 Å². The highest BCUT2D eigenvalue weighted by atomic mass is 16.6. The van der Waals surface area contributed by atoms with Gasteiger partial charge < -0.3 is 24.3 Å². The third-order valence-corrected chi connectivity index (χ3v) is 2.84. The van der Waals surface area contributed by atoms with E-state index in [1.165, 1.54) is 32.4 Å². The predicted molar refractivity (Wildman–Crippen MR) is 88.9 cm³/mol. The van der Waals surface area contributed by atoms with E-state index in [0.29, 0.717) is 0 Å². The molecular weight excluding hydrogens is 330 g/mol. The third-order valence-electron chi connectivity index (χ3n) is 2.84. The minimum Gasteiger partial charge on any atom is -0.491 e. The molecule has 0 aliphatic carbocycles. The first-order valence-corrected chi connectivity index (χ1v) is 7.58. The molecule has 0 atom stereocenters. The van der Waals surface area contributed by atoms with Crippen LogP contribution in [0.3, 0.4) is 0 Å². The summed E-state index contributed by atoms with van der Waals surface area (Å²) in [4.78, 5) is 34.9. The Labute approximate surface area is 146 Å². The lowest BCUT2D eigenvalue weighted by molar-refractivity contribution is 0.0516. The number of carbonyl (C=O) groups is 3. The predicted octanol–water partition coefficient (Wildman–Crippen LogP) is 2.16. The fourth-order valence-corrected chi connectivity index (χ4v) is 1.79. The lowest BCUT2D eigenvalue weighted by Gasteiger charge is -2.19. The van der Waals surface area contributed by atoms with Crippen LogP contribution < -0.4 is 10.1 Å². The van der Waals surface area contributed by atoms with E-state index in [4.69, 9.17) is 9.47 Å². The molecule has 0 aliphatic heterocycles. The molecule has 0 bridgehead atoms. The van der Waals surface area contributed by atoms with Crippen LogP contribution in [0.25, 0.3) is 0 Å². The Hall–Kier alpha value is -2.77. The number of benzene rings is 1. The van der Waals surface area contributed by atoms with Gasteiger partial charge in [-0.05, 0) is 39.0 Å². The molecule has 1 aromatic carbocycles. The van der Waals surface area contributed by atoms with Crippen molar-refractivity contribution in [1.82, 2.24) is 5.32 Å². The zero-order valence-corrected chi connectivity index (χ0v) is 15.0. The number of esters is 2. The van der Waals surface area contributed by atoms with Gasteiger partial charge in [-0.2, -0.15) is 0 Å². The van der Waals surface area contributed by atoms with Crippen molar-refractivity contribution in [1.29, 1.82) is 0 Å². The zero-order chi connectivity index (χ0) is 19.0. The number of nitrogens with one attached hydrogen (secondary N) is 1. The topological polar surface area (TPSA) is 100 Å². The number of amides is 1. The maximum absolute atomic E-state index is 11.8. The van der Waals surface area contributed by atoms with Gasteiger partial charge in [-0.15, -0.1) is 0 Å². The lowest BCUT2D eigenvalue weighted by atomic mass is 10.1. The van der Waals surface area contributed by atoms with Gasteiger partial charge in [-0.1, -0.05) is 0 Å². The maximum atomic E-state index is 11.8. The number of rotatable bonds is 6. The van der Waals surface area contributed by atoms with Crippen LogP contribution in [-0.2, 0) is 14.2 Å². The third kappa shape index (κ3) is 6.70. The molecule has 0 aromatic heterocycles. The van der Waals surface area contributed by atoms with Crippen LogP contribution in [0.15, 0.2) is 18.2 Å². The van der Waals surface area contributed by atoms with Crippen LogP contribution in [0.1, 0.15) is 41.5 Å². The lowest BCUT2D eigenvalue weighted by Crippen LogP contribution is -2.34. The number of ether oxygens (including phenoxy) is 4. The normalized spacial score (nSPS) is 10.6. The Bertz CT molecular complexity index is 634. The van der Waals surface area contributed by atoms with E-state index in [1.807, 2.05) is 0 Å². The molecule has 0 aliphatic rings. The van der Waals surface area contributed by atoms with Crippen LogP contribution >= 0.6 is 0 Å². The number of alkyl carbamates (subject to hydrolysis) is 1. The summed E-state index contributed by atoms with van der Waals surface area (Å²) in [5, 5.41) is 2.53. The maximum Gasteiger partial charge on any atom is 0.407 e. The van der Waals surface area contributed by atoms with Gasteiger partial charge in [-0.25, -0.2) is 14.4 Å². The second-order valence-electron chi connectivity index (χ2n) is 5.97. The van der Waals surface area contributed by atoms with E-state index < -0.39 is 23.6 Å². The van der Waals surface area contributed by atoms with Gasteiger partial charge in [0.15, 0.2) is 0 Å². The van der Waals surface area contributed by atoms with Crippen molar-refractivity contribution in [2.45, 2.75) is 26.4 Å². The Morgan fingerprint density at radius 2 is 1.68 bits per heavy atom. The number of hydrogen-bond donors (Lipinski definition) is 1. The molecular formula is C17H23NO7. The van der Waals surface area contributed by atoms with Crippen molar-refractivity contribution in [3.63, 3.8) is 0 Å². The Balaban J connectivity index is 2.73. The molecule has 0 fully saturated rings. The van der Waals surface area contributed by atoms with Crippen LogP contribution in [-0.4, -0.2) is 51.0 Å². The molecule has 0 saturated carbocycles. The molecule has 0 radical (unpaired) electrons. The summed E-state index contributed by atoms with van der Waals surface area (Å²) in [5.41, 5.74) is -0.213. The highest BCUT2D eigenvalue weighted by Gasteiger charge is 2.18. The van der Waals surface area contributed by atoms with Crippen molar-refractivity contribution >= 4 is 18.0 Å². The van der Waals surface area contributed by atoms with Crippen molar-refractivity contribution in [3.8, 4) is 5.75 Å².